The van der Waals surface area contributed by atoms with Crippen LogP contribution in [0.5, 0.6) is 0 Å². The Morgan fingerprint density at radius 3 is 2.62 bits per heavy atom. The Hall–Kier alpha value is -0.610. The molecule has 0 spiro atoms. The predicted octanol–water partition coefficient (Wildman–Crippen LogP) is 0.461. The first-order valence-electron chi connectivity index (χ1n) is 5.97. The lowest BCUT2D eigenvalue weighted by Gasteiger charge is -2.32. The molecule has 0 aromatic rings. The summed E-state index contributed by atoms with van der Waals surface area (Å²) in [5, 5.41) is 13.0. The van der Waals surface area contributed by atoms with Crippen molar-refractivity contribution >= 4 is 5.91 Å². The van der Waals surface area contributed by atoms with Crippen LogP contribution in [0.4, 0.5) is 0 Å². The molecule has 1 amide bonds. The van der Waals surface area contributed by atoms with E-state index in [1.807, 2.05) is 0 Å². The van der Waals surface area contributed by atoms with Crippen LogP contribution in [0.3, 0.4) is 0 Å². The Balaban J connectivity index is 2.49. The van der Waals surface area contributed by atoms with Gasteiger partial charge in [-0.3, -0.25) is 4.79 Å². The number of amides is 1. The van der Waals surface area contributed by atoms with E-state index in [2.05, 4.69) is 12.2 Å². The monoisotopic (exact) mass is 228 g/mol. The summed E-state index contributed by atoms with van der Waals surface area (Å²) in [5.41, 5.74) is -0.821. The summed E-state index contributed by atoms with van der Waals surface area (Å²) in [5.74, 6) is 0.760. The van der Waals surface area contributed by atoms with Crippen LogP contribution in [0.25, 0.3) is 0 Å². The van der Waals surface area contributed by atoms with Gasteiger partial charge in [-0.25, -0.2) is 0 Å². The van der Waals surface area contributed by atoms with Gasteiger partial charge in [0.15, 0.2) is 0 Å². The molecule has 1 rings (SSSR count). The third kappa shape index (κ3) is 4.10. The van der Waals surface area contributed by atoms with E-state index in [-0.39, 0.29) is 11.8 Å². The summed E-state index contributed by atoms with van der Waals surface area (Å²) in [6, 6.07) is 0. The summed E-state index contributed by atoms with van der Waals surface area (Å²) in [6.07, 6.45) is 0.946. The van der Waals surface area contributed by atoms with E-state index in [0.717, 1.165) is 19.5 Å². The normalized spacial score (nSPS) is 26.6. The van der Waals surface area contributed by atoms with Crippen molar-refractivity contribution in [3.63, 3.8) is 0 Å². The van der Waals surface area contributed by atoms with Gasteiger partial charge in [0.1, 0.15) is 0 Å². The lowest BCUT2D eigenvalue weighted by atomic mass is 9.90. The number of likely N-dealkylation sites (N-methyl/N-ethyl adjacent to an activating group) is 1. The summed E-state index contributed by atoms with van der Waals surface area (Å²) in [6.45, 7) is 7.74. The zero-order valence-electron chi connectivity index (χ0n) is 10.8. The molecule has 4 nitrogen and oxygen atoms in total. The Labute approximate surface area is 98.0 Å². The Morgan fingerprint density at radius 2 is 2.12 bits per heavy atom. The molecule has 94 valence electrons. The SMILES string of the molecule is CC1CNCC(C(=O)N(C)CC(C)(C)O)C1. The molecule has 0 aromatic carbocycles. The van der Waals surface area contributed by atoms with Crippen LogP contribution in [0.1, 0.15) is 27.2 Å². The van der Waals surface area contributed by atoms with E-state index in [4.69, 9.17) is 0 Å². The van der Waals surface area contributed by atoms with Gasteiger partial charge in [-0.05, 0) is 32.7 Å². The van der Waals surface area contributed by atoms with Crippen LogP contribution in [-0.4, -0.2) is 48.2 Å². The molecule has 1 heterocycles. The van der Waals surface area contributed by atoms with Crippen LogP contribution in [-0.2, 0) is 4.79 Å². The Kier molecular flexibility index (Phi) is 4.33. The molecule has 16 heavy (non-hydrogen) atoms. The van der Waals surface area contributed by atoms with E-state index < -0.39 is 5.60 Å². The van der Waals surface area contributed by atoms with Gasteiger partial charge >= 0.3 is 0 Å². The molecule has 1 aliphatic rings. The van der Waals surface area contributed by atoms with Crippen LogP contribution < -0.4 is 5.32 Å². The highest BCUT2D eigenvalue weighted by molar-refractivity contribution is 5.79. The highest BCUT2D eigenvalue weighted by atomic mass is 16.3. The van der Waals surface area contributed by atoms with Gasteiger partial charge in [0.2, 0.25) is 5.91 Å². The van der Waals surface area contributed by atoms with Gasteiger partial charge in [0.25, 0.3) is 0 Å². The average molecular weight is 228 g/mol. The first-order valence-corrected chi connectivity index (χ1v) is 5.97. The maximum Gasteiger partial charge on any atom is 0.226 e. The predicted molar refractivity (Wildman–Crippen MR) is 64.1 cm³/mol. The van der Waals surface area contributed by atoms with Gasteiger partial charge in [-0.15, -0.1) is 0 Å². The summed E-state index contributed by atoms with van der Waals surface area (Å²) in [4.78, 5) is 13.7. The van der Waals surface area contributed by atoms with Crippen LogP contribution in [0.2, 0.25) is 0 Å². The fraction of sp³-hybridized carbons (Fsp3) is 0.917. The van der Waals surface area contributed by atoms with E-state index in [1.54, 1.807) is 25.8 Å². The molecule has 0 saturated carbocycles. The van der Waals surface area contributed by atoms with E-state index >= 15 is 0 Å². The number of hydrogen-bond acceptors (Lipinski definition) is 3. The lowest BCUT2D eigenvalue weighted by Crippen LogP contribution is -2.47. The first kappa shape index (κ1) is 13.5. The maximum absolute atomic E-state index is 12.1. The van der Waals surface area contributed by atoms with Crippen LogP contribution in [0.15, 0.2) is 0 Å². The minimum absolute atomic E-state index is 0.0658. The number of carbonyl (C=O) groups is 1. The van der Waals surface area contributed by atoms with Gasteiger partial charge in [-0.1, -0.05) is 6.92 Å². The first-order chi connectivity index (χ1) is 7.29. The quantitative estimate of drug-likeness (QED) is 0.738. The molecule has 0 aliphatic carbocycles. The summed E-state index contributed by atoms with van der Waals surface area (Å²) >= 11 is 0. The molecule has 2 unspecified atom stereocenters. The van der Waals surface area contributed by atoms with Crippen molar-refractivity contribution in [1.82, 2.24) is 10.2 Å². The number of aliphatic hydroxyl groups is 1. The van der Waals surface area contributed by atoms with Crippen molar-refractivity contribution < 1.29 is 9.90 Å². The highest BCUT2D eigenvalue weighted by Gasteiger charge is 2.29. The van der Waals surface area contributed by atoms with Gasteiger partial charge in [0.05, 0.1) is 11.5 Å². The lowest BCUT2D eigenvalue weighted by molar-refractivity contribution is -0.137. The minimum atomic E-state index is -0.821. The number of nitrogens with one attached hydrogen (secondary N) is 1. The Morgan fingerprint density at radius 1 is 1.50 bits per heavy atom. The van der Waals surface area contributed by atoms with Crippen molar-refractivity contribution in [2.75, 3.05) is 26.7 Å². The Bertz CT molecular complexity index is 248. The fourth-order valence-electron chi connectivity index (χ4n) is 2.31. The van der Waals surface area contributed by atoms with Crippen LogP contribution in [0, 0.1) is 11.8 Å². The second kappa shape index (κ2) is 5.15. The number of carbonyl (C=O) groups excluding carboxylic acids is 1. The maximum atomic E-state index is 12.1. The zero-order valence-corrected chi connectivity index (χ0v) is 10.8. The molecule has 1 aliphatic heterocycles. The molecule has 0 aromatic heterocycles. The zero-order chi connectivity index (χ0) is 12.3. The van der Waals surface area contributed by atoms with Crippen molar-refractivity contribution in [1.29, 1.82) is 0 Å². The standard InChI is InChI=1S/C12H24N2O2/c1-9-5-10(7-13-6-9)11(15)14(4)8-12(2,3)16/h9-10,13,16H,5-8H2,1-4H3. The van der Waals surface area contributed by atoms with Crippen molar-refractivity contribution in [3.05, 3.63) is 0 Å². The van der Waals surface area contributed by atoms with E-state index in [9.17, 15) is 9.90 Å². The number of hydrogen-bond donors (Lipinski definition) is 2. The molecule has 2 N–H and O–H groups in total. The molecule has 0 radical (unpaired) electrons. The average Bonchev–Trinajstić information content (AvgIpc) is 2.14. The fourth-order valence-corrected chi connectivity index (χ4v) is 2.31. The molecular weight excluding hydrogens is 204 g/mol. The second-order valence-corrected chi connectivity index (χ2v) is 5.70. The van der Waals surface area contributed by atoms with Gasteiger partial charge in [-0.2, -0.15) is 0 Å². The van der Waals surface area contributed by atoms with Crippen molar-refractivity contribution in [2.45, 2.75) is 32.8 Å². The van der Waals surface area contributed by atoms with Gasteiger partial charge < -0.3 is 15.3 Å². The smallest absolute Gasteiger partial charge is 0.226 e. The number of nitrogens with zero attached hydrogens (tertiary/aromatic N) is 1. The third-order valence-electron chi connectivity index (χ3n) is 2.92. The number of piperidine rings is 1. The van der Waals surface area contributed by atoms with E-state index in [1.165, 1.54) is 0 Å². The van der Waals surface area contributed by atoms with Gasteiger partial charge in [0, 0.05) is 20.1 Å². The number of rotatable bonds is 3. The second-order valence-electron chi connectivity index (χ2n) is 5.70. The molecule has 4 heteroatoms. The molecule has 2 atom stereocenters. The van der Waals surface area contributed by atoms with Crippen LogP contribution >= 0.6 is 0 Å². The minimum Gasteiger partial charge on any atom is -0.389 e. The molecular formula is C12H24N2O2. The highest BCUT2D eigenvalue weighted by Crippen LogP contribution is 2.18. The molecule has 1 saturated heterocycles. The largest absolute Gasteiger partial charge is 0.389 e. The molecule has 0 bridgehead atoms. The summed E-state index contributed by atoms with van der Waals surface area (Å²) < 4.78 is 0. The molecule has 1 fully saturated rings. The summed E-state index contributed by atoms with van der Waals surface area (Å²) in [7, 11) is 1.76. The van der Waals surface area contributed by atoms with Crippen molar-refractivity contribution in [3.8, 4) is 0 Å². The van der Waals surface area contributed by atoms with E-state index in [0.29, 0.717) is 12.5 Å². The van der Waals surface area contributed by atoms with Crippen molar-refractivity contribution in [2.24, 2.45) is 11.8 Å². The third-order valence-corrected chi connectivity index (χ3v) is 2.92. The topological polar surface area (TPSA) is 52.6 Å².